The minimum Gasteiger partial charge on any atom is -0.481 e. The highest BCUT2D eigenvalue weighted by Gasteiger charge is 2.36. The number of nitrogens with zero attached hydrogens (tertiary/aromatic N) is 1. The molecular weight excluding hydrogens is 238 g/mol. The maximum Gasteiger partial charge on any atom is 0.309 e. The van der Waals surface area contributed by atoms with Crippen LogP contribution < -0.4 is 0 Å². The van der Waals surface area contributed by atoms with Crippen molar-refractivity contribution >= 4 is 17.6 Å². The number of rotatable bonds is 4. The predicted octanol–water partition coefficient (Wildman–Crippen LogP) is 2.81. The average molecular weight is 254 g/mol. The average Bonchev–Trinajstić information content (AvgIpc) is 2.21. The summed E-state index contributed by atoms with van der Waals surface area (Å²) in [4.78, 5) is 13.0. The van der Waals surface area contributed by atoms with Crippen LogP contribution in [0.1, 0.15) is 24.9 Å². The van der Waals surface area contributed by atoms with Crippen molar-refractivity contribution in [2.75, 3.05) is 13.1 Å². The Kier molecular flexibility index (Phi) is 3.69. The van der Waals surface area contributed by atoms with E-state index in [2.05, 4.69) is 11.8 Å². The second kappa shape index (κ2) is 5.07. The molecule has 1 aliphatic heterocycles. The third-order valence-electron chi connectivity index (χ3n) is 3.32. The molecule has 1 aromatic carbocycles. The first kappa shape index (κ1) is 12.4. The van der Waals surface area contributed by atoms with Crippen LogP contribution in [0.5, 0.6) is 0 Å². The van der Waals surface area contributed by atoms with Crippen LogP contribution >= 0.6 is 11.6 Å². The van der Waals surface area contributed by atoms with E-state index in [0.29, 0.717) is 13.1 Å². The van der Waals surface area contributed by atoms with E-state index in [0.717, 1.165) is 11.4 Å². The van der Waals surface area contributed by atoms with Gasteiger partial charge in [0.2, 0.25) is 0 Å². The third-order valence-corrected chi connectivity index (χ3v) is 3.56. The number of carbonyl (C=O) groups is 1. The van der Waals surface area contributed by atoms with Gasteiger partial charge in [-0.15, -0.1) is 0 Å². The molecule has 1 fully saturated rings. The second-order valence-corrected chi connectivity index (χ2v) is 4.90. The zero-order valence-corrected chi connectivity index (χ0v) is 10.5. The Morgan fingerprint density at radius 3 is 2.82 bits per heavy atom. The van der Waals surface area contributed by atoms with Gasteiger partial charge in [-0.1, -0.05) is 30.7 Å². The molecule has 0 bridgehead atoms. The molecule has 1 aliphatic rings. The Morgan fingerprint density at radius 1 is 1.59 bits per heavy atom. The van der Waals surface area contributed by atoms with E-state index in [4.69, 9.17) is 16.7 Å². The van der Waals surface area contributed by atoms with E-state index in [1.165, 1.54) is 5.56 Å². The summed E-state index contributed by atoms with van der Waals surface area (Å²) in [7, 11) is 0. The fourth-order valence-electron chi connectivity index (χ4n) is 2.34. The molecule has 2 rings (SSSR count). The largest absolute Gasteiger partial charge is 0.481 e. The van der Waals surface area contributed by atoms with Gasteiger partial charge in [0.05, 0.1) is 5.92 Å². The molecule has 0 aromatic heterocycles. The number of benzene rings is 1. The van der Waals surface area contributed by atoms with Gasteiger partial charge in [-0.05, 0) is 24.1 Å². The summed E-state index contributed by atoms with van der Waals surface area (Å²) < 4.78 is 0. The molecule has 1 N–H and O–H groups in total. The third kappa shape index (κ3) is 2.61. The van der Waals surface area contributed by atoms with Crippen LogP contribution in [0.2, 0.25) is 5.02 Å². The van der Waals surface area contributed by atoms with Gasteiger partial charge in [0.25, 0.3) is 0 Å². The number of hydrogen-bond donors (Lipinski definition) is 1. The van der Waals surface area contributed by atoms with E-state index in [1.54, 1.807) is 0 Å². The minimum atomic E-state index is -0.692. The monoisotopic (exact) mass is 253 g/mol. The summed E-state index contributed by atoms with van der Waals surface area (Å²) in [6.45, 7) is 3.39. The number of halogens is 1. The Hall–Kier alpha value is -1.06. The molecule has 0 aliphatic carbocycles. The summed E-state index contributed by atoms with van der Waals surface area (Å²) in [5.74, 6) is -0.898. The molecule has 4 heteroatoms. The lowest BCUT2D eigenvalue weighted by molar-refractivity contribution is -0.148. The second-order valence-electron chi connectivity index (χ2n) is 4.47. The van der Waals surface area contributed by atoms with Gasteiger partial charge < -0.3 is 5.11 Å². The topological polar surface area (TPSA) is 40.5 Å². The van der Waals surface area contributed by atoms with Crippen molar-refractivity contribution in [3.63, 3.8) is 0 Å². The molecule has 1 heterocycles. The normalized spacial score (nSPS) is 18.7. The molecule has 3 nitrogen and oxygen atoms in total. The number of aliphatic carboxylic acids is 1. The summed E-state index contributed by atoms with van der Waals surface area (Å²) in [5.41, 5.74) is 1.17. The maximum atomic E-state index is 10.8. The molecule has 92 valence electrons. The van der Waals surface area contributed by atoms with Crippen LogP contribution in [0.15, 0.2) is 24.3 Å². The maximum absolute atomic E-state index is 10.8. The number of likely N-dealkylation sites (tertiary alicyclic amines) is 1. The fourth-order valence-corrected chi connectivity index (χ4v) is 2.54. The highest BCUT2D eigenvalue weighted by molar-refractivity contribution is 6.30. The van der Waals surface area contributed by atoms with Crippen molar-refractivity contribution in [2.45, 2.75) is 19.4 Å². The number of hydrogen-bond acceptors (Lipinski definition) is 2. The van der Waals surface area contributed by atoms with E-state index in [9.17, 15) is 4.79 Å². The SMILES string of the molecule is CCC(c1cccc(Cl)c1)N1CC(C(=O)O)C1. The highest BCUT2D eigenvalue weighted by Crippen LogP contribution is 2.32. The Bertz CT molecular complexity index is 416. The molecule has 1 atom stereocenters. The van der Waals surface area contributed by atoms with Crippen LogP contribution in [0.25, 0.3) is 0 Å². The van der Waals surface area contributed by atoms with Crippen molar-refractivity contribution in [1.29, 1.82) is 0 Å². The molecule has 0 radical (unpaired) electrons. The molecule has 17 heavy (non-hydrogen) atoms. The van der Waals surface area contributed by atoms with E-state index in [1.807, 2.05) is 24.3 Å². The van der Waals surface area contributed by atoms with Crippen molar-refractivity contribution in [2.24, 2.45) is 5.92 Å². The molecular formula is C13H16ClNO2. The van der Waals surface area contributed by atoms with E-state index < -0.39 is 5.97 Å². The lowest BCUT2D eigenvalue weighted by Gasteiger charge is -2.42. The van der Waals surface area contributed by atoms with Gasteiger partial charge in [0.1, 0.15) is 0 Å². The van der Waals surface area contributed by atoms with Crippen molar-refractivity contribution < 1.29 is 9.90 Å². The molecule has 0 amide bonds. The molecule has 0 spiro atoms. The summed E-state index contributed by atoms with van der Waals surface area (Å²) in [5, 5.41) is 9.61. The lowest BCUT2D eigenvalue weighted by Crippen LogP contribution is -2.51. The lowest BCUT2D eigenvalue weighted by atomic mass is 9.93. The van der Waals surface area contributed by atoms with Crippen LogP contribution in [-0.2, 0) is 4.79 Å². The van der Waals surface area contributed by atoms with Crippen LogP contribution in [0.3, 0.4) is 0 Å². The van der Waals surface area contributed by atoms with Crippen LogP contribution in [0.4, 0.5) is 0 Å². The Labute approximate surface area is 106 Å². The summed E-state index contributed by atoms with van der Waals surface area (Å²) in [6.07, 6.45) is 0.965. The number of carboxylic acid groups (broad SMARTS) is 1. The van der Waals surface area contributed by atoms with Crippen LogP contribution in [-0.4, -0.2) is 29.1 Å². The Balaban J connectivity index is 2.06. The van der Waals surface area contributed by atoms with Gasteiger partial charge in [0, 0.05) is 24.2 Å². The van der Waals surface area contributed by atoms with Gasteiger partial charge in [-0.25, -0.2) is 0 Å². The fraction of sp³-hybridized carbons (Fsp3) is 0.462. The quantitative estimate of drug-likeness (QED) is 0.897. The first-order chi connectivity index (χ1) is 8.11. The van der Waals surface area contributed by atoms with Gasteiger partial charge in [-0.2, -0.15) is 0 Å². The summed E-state index contributed by atoms with van der Waals surface area (Å²) in [6, 6.07) is 8.09. The molecule has 1 aromatic rings. The van der Waals surface area contributed by atoms with Crippen molar-refractivity contribution in [3.05, 3.63) is 34.9 Å². The minimum absolute atomic E-state index is 0.205. The molecule has 0 saturated carbocycles. The summed E-state index contributed by atoms with van der Waals surface area (Å²) >= 11 is 5.98. The van der Waals surface area contributed by atoms with Gasteiger partial charge in [0.15, 0.2) is 0 Å². The van der Waals surface area contributed by atoms with Crippen LogP contribution in [0, 0.1) is 5.92 Å². The van der Waals surface area contributed by atoms with Gasteiger partial charge >= 0.3 is 5.97 Å². The highest BCUT2D eigenvalue weighted by atomic mass is 35.5. The van der Waals surface area contributed by atoms with Crippen molar-refractivity contribution in [3.8, 4) is 0 Å². The van der Waals surface area contributed by atoms with Gasteiger partial charge in [-0.3, -0.25) is 9.69 Å². The predicted molar refractivity (Wildman–Crippen MR) is 67.2 cm³/mol. The first-order valence-electron chi connectivity index (χ1n) is 5.84. The standard InChI is InChI=1S/C13H16ClNO2/c1-2-12(9-4-3-5-11(14)6-9)15-7-10(8-15)13(16)17/h3-6,10,12H,2,7-8H2,1H3,(H,16,17). The molecule has 1 unspecified atom stereocenters. The van der Waals surface area contributed by atoms with E-state index in [-0.39, 0.29) is 12.0 Å². The Morgan fingerprint density at radius 2 is 2.29 bits per heavy atom. The molecule has 1 saturated heterocycles. The smallest absolute Gasteiger partial charge is 0.309 e. The van der Waals surface area contributed by atoms with Crippen molar-refractivity contribution in [1.82, 2.24) is 4.90 Å². The van der Waals surface area contributed by atoms with E-state index >= 15 is 0 Å². The first-order valence-corrected chi connectivity index (χ1v) is 6.22. The zero-order chi connectivity index (χ0) is 12.4. The zero-order valence-electron chi connectivity index (χ0n) is 9.77. The number of carboxylic acids is 1.